The summed E-state index contributed by atoms with van der Waals surface area (Å²) in [5.41, 5.74) is -0.169. The normalized spacial score (nSPS) is 16.0. The summed E-state index contributed by atoms with van der Waals surface area (Å²) >= 11 is 6.04. The van der Waals surface area contributed by atoms with Gasteiger partial charge in [0, 0.05) is 24.8 Å². The summed E-state index contributed by atoms with van der Waals surface area (Å²) in [5, 5.41) is 9.26. The molecule has 0 aliphatic carbocycles. The summed E-state index contributed by atoms with van der Waals surface area (Å²) in [7, 11) is 0. The zero-order valence-corrected chi connectivity index (χ0v) is 15.5. The maximum Gasteiger partial charge on any atom is 0.245 e. The zero-order valence-electron chi connectivity index (χ0n) is 14.7. The van der Waals surface area contributed by atoms with Gasteiger partial charge in [0.25, 0.3) is 0 Å². The number of halogens is 2. The lowest BCUT2D eigenvalue weighted by molar-refractivity contribution is -0.124. The number of anilines is 2. The number of hydrogen-bond acceptors (Lipinski definition) is 6. The highest BCUT2D eigenvalue weighted by molar-refractivity contribution is 6.30. The molecule has 0 aromatic carbocycles. The predicted octanol–water partition coefficient (Wildman–Crippen LogP) is 2.55. The molecule has 9 heteroatoms. The SMILES string of the molecule is CCNC(=O)C(C)(C)Nc1nc(C2CNc3ncc(Cl)cc32)ncc1F. The van der Waals surface area contributed by atoms with Crippen LogP contribution in [0.2, 0.25) is 5.02 Å². The van der Waals surface area contributed by atoms with E-state index in [-0.39, 0.29) is 17.6 Å². The Balaban J connectivity index is 1.90. The van der Waals surface area contributed by atoms with Crippen molar-refractivity contribution >= 4 is 29.1 Å². The van der Waals surface area contributed by atoms with Gasteiger partial charge in [-0.3, -0.25) is 4.79 Å². The lowest BCUT2D eigenvalue weighted by Gasteiger charge is -2.26. The maximum absolute atomic E-state index is 14.2. The van der Waals surface area contributed by atoms with Gasteiger partial charge in [0.05, 0.1) is 17.1 Å². The molecule has 3 N–H and O–H groups in total. The Morgan fingerprint density at radius 3 is 2.92 bits per heavy atom. The molecule has 3 heterocycles. The molecule has 1 atom stereocenters. The summed E-state index contributed by atoms with van der Waals surface area (Å²) in [6.45, 7) is 6.17. The van der Waals surface area contributed by atoms with Gasteiger partial charge in [-0.2, -0.15) is 0 Å². The first-order valence-electron chi connectivity index (χ1n) is 8.30. The van der Waals surface area contributed by atoms with Gasteiger partial charge >= 0.3 is 0 Å². The topological polar surface area (TPSA) is 91.8 Å². The number of fused-ring (bicyclic) bond motifs is 1. The van der Waals surface area contributed by atoms with Crippen molar-refractivity contribution in [3.05, 3.63) is 40.7 Å². The predicted molar refractivity (Wildman–Crippen MR) is 98.0 cm³/mol. The largest absolute Gasteiger partial charge is 0.369 e. The number of aromatic nitrogens is 3. The fourth-order valence-corrected chi connectivity index (χ4v) is 2.94. The van der Waals surface area contributed by atoms with Gasteiger partial charge in [0.15, 0.2) is 11.6 Å². The van der Waals surface area contributed by atoms with E-state index in [0.717, 1.165) is 11.8 Å². The molecule has 1 amide bonds. The van der Waals surface area contributed by atoms with Crippen molar-refractivity contribution in [3.63, 3.8) is 0 Å². The Bertz CT molecular complexity index is 844. The lowest BCUT2D eigenvalue weighted by Crippen LogP contribution is -2.48. The lowest BCUT2D eigenvalue weighted by atomic mass is 10.0. The third-order valence-corrected chi connectivity index (χ3v) is 4.35. The molecule has 1 aliphatic rings. The fourth-order valence-electron chi connectivity index (χ4n) is 2.78. The van der Waals surface area contributed by atoms with Gasteiger partial charge in [-0.15, -0.1) is 0 Å². The quantitative estimate of drug-likeness (QED) is 0.740. The molecule has 0 bridgehead atoms. The van der Waals surface area contributed by atoms with Gasteiger partial charge in [-0.1, -0.05) is 11.6 Å². The van der Waals surface area contributed by atoms with Gasteiger partial charge in [0.2, 0.25) is 5.91 Å². The van der Waals surface area contributed by atoms with E-state index in [4.69, 9.17) is 11.6 Å². The van der Waals surface area contributed by atoms with Crippen molar-refractivity contribution in [2.75, 3.05) is 23.7 Å². The summed E-state index contributed by atoms with van der Waals surface area (Å²) in [6, 6.07) is 1.80. The van der Waals surface area contributed by atoms with Crippen LogP contribution < -0.4 is 16.0 Å². The third-order valence-electron chi connectivity index (χ3n) is 4.14. The molecule has 1 unspecified atom stereocenters. The second-order valence-electron chi connectivity index (χ2n) is 6.56. The summed E-state index contributed by atoms with van der Waals surface area (Å²) < 4.78 is 14.2. The minimum absolute atomic E-state index is 0.0188. The van der Waals surface area contributed by atoms with Crippen LogP contribution >= 0.6 is 11.6 Å². The van der Waals surface area contributed by atoms with Crippen LogP contribution in [-0.2, 0) is 4.79 Å². The van der Waals surface area contributed by atoms with E-state index in [1.54, 1.807) is 26.1 Å². The van der Waals surface area contributed by atoms with E-state index in [1.807, 2.05) is 6.92 Å². The summed E-state index contributed by atoms with van der Waals surface area (Å²) in [4.78, 5) is 24.8. The summed E-state index contributed by atoms with van der Waals surface area (Å²) in [6.07, 6.45) is 2.66. The molecule has 2 aromatic rings. The Morgan fingerprint density at radius 1 is 1.42 bits per heavy atom. The van der Waals surface area contributed by atoms with Gasteiger partial charge in [0.1, 0.15) is 17.2 Å². The second-order valence-corrected chi connectivity index (χ2v) is 7.00. The molecule has 0 fully saturated rings. The van der Waals surface area contributed by atoms with Crippen molar-refractivity contribution in [1.29, 1.82) is 0 Å². The number of carbonyl (C=O) groups excluding carboxylic acids is 1. The van der Waals surface area contributed by atoms with E-state index in [9.17, 15) is 9.18 Å². The molecular formula is C17H20ClFN6O. The first-order valence-corrected chi connectivity index (χ1v) is 8.68. The van der Waals surface area contributed by atoms with Crippen LogP contribution in [0.1, 0.15) is 38.1 Å². The van der Waals surface area contributed by atoms with E-state index in [1.165, 1.54) is 0 Å². The molecule has 0 radical (unpaired) electrons. The van der Waals surface area contributed by atoms with Crippen LogP contribution in [0.15, 0.2) is 18.5 Å². The Hall–Kier alpha value is -2.48. The van der Waals surface area contributed by atoms with Crippen LogP contribution in [0.5, 0.6) is 0 Å². The summed E-state index contributed by atoms with van der Waals surface area (Å²) in [5.74, 6) is 0.0463. The van der Waals surface area contributed by atoms with Crippen LogP contribution in [0, 0.1) is 5.82 Å². The van der Waals surface area contributed by atoms with Crippen molar-refractivity contribution in [2.45, 2.75) is 32.2 Å². The molecule has 138 valence electrons. The van der Waals surface area contributed by atoms with Crippen molar-refractivity contribution < 1.29 is 9.18 Å². The first kappa shape index (κ1) is 18.3. The number of carbonyl (C=O) groups is 1. The second kappa shape index (κ2) is 7.03. The van der Waals surface area contributed by atoms with Crippen LogP contribution in [0.4, 0.5) is 16.0 Å². The Labute approximate surface area is 155 Å². The number of hydrogen-bond donors (Lipinski definition) is 3. The van der Waals surface area contributed by atoms with Crippen molar-refractivity contribution in [3.8, 4) is 0 Å². The third kappa shape index (κ3) is 3.55. The average molecular weight is 379 g/mol. The Morgan fingerprint density at radius 2 is 2.19 bits per heavy atom. The molecular weight excluding hydrogens is 359 g/mol. The number of nitrogens with one attached hydrogen (secondary N) is 3. The fraction of sp³-hybridized carbons (Fsp3) is 0.412. The van der Waals surface area contributed by atoms with Crippen molar-refractivity contribution in [1.82, 2.24) is 20.3 Å². The van der Waals surface area contributed by atoms with E-state index in [0.29, 0.717) is 29.8 Å². The highest BCUT2D eigenvalue weighted by atomic mass is 35.5. The average Bonchev–Trinajstić information content (AvgIpc) is 3.00. The zero-order chi connectivity index (χ0) is 18.9. The molecule has 0 saturated carbocycles. The minimum Gasteiger partial charge on any atom is -0.369 e. The molecule has 3 rings (SSSR count). The first-order chi connectivity index (χ1) is 12.3. The monoisotopic (exact) mass is 378 g/mol. The van der Waals surface area contributed by atoms with Crippen molar-refractivity contribution in [2.24, 2.45) is 0 Å². The van der Waals surface area contributed by atoms with E-state index >= 15 is 0 Å². The minimum atomic E-state index is -1.03. The standard InChI is InChI=1S/C17H20ClFN6O/c1-4-20-16(26)17(2,3)25-15-12(19)8-23-14(24-15)11-7-22-13-10(11)5-9(18)6-21-13/h5-6,8,11H,4,7H2,1-3H3,(H,20,26)(H,21,22)(H,23,24,25). The van der Waals surface area contributed by atoms with Crippen LogP contribution in [0.3, 0.4) is 0 Å². The van der Waals surface area contributed by atoms with Gasteiger partial charge < -0.3 is 16.0 Å². The smallest absolute Gasteiger partial charge is 0.245 e. The van der Waals surface area contributed by atoms with Crippen LogP contribution in [0.25, 0.3) is 0 Å². The number of nitrogens with zero attached hydrogens (tertiary/aromatic N) is 3. The Kier molecular flexibility index (Phi) is 4.95. The number of likely N-dealkylation sites (N-methyl/N-ethyl adjacent to an activating group) is 1. The highest BCUT2D eigenvalue weighted by Crippen LogP contribution is 2.35. The van der Waals surface area contributed by atoms with E-state index < -0.39 is 11.4 Å². The van der Waals surface area contributed by atoms with Gasteiger partial charge in [-0.25, -0.2) is 19.3 Å². The number of amides is 1. The number of pyridine rings is 1. The highest BCUT2D eigenvalue weighted by Gasteiger charge is 2.31. The maximum atomic E-state index is 14.2. The number of rotatable bonds is 5. The molecule has 0 spiro atoms. The van der Waals surface area contributed by atoms with Gasteiger partial charge in [-0.05, 0) is 26.8 Å². The molecule has 7 nitrogen and oxygen atoms in total. The van der Waals surface area contributed by atoms with Crippen LogP contribution in [-0.4, -0.2) is 39.5 Å². The van der Waals surface area contributed by atoms with E-state index in [2.05, 4.69) is 30.9 Å². The molecule has 26 heavy (non-hydrogen) atoms. The molecule has 0 saturated heterocycles. The molecule has 1 aliphatic heterocycles. The molecule has 2 aromatic heterocycles.